The maximum atomic E-state index is 11.1. The second kappa shape index (κ2) is 6.38. The number of nitrogens with one attached hydrogen (secondary N) is 1. The Kier molecular flexibility index (Phi) is 5.11. The summed E-state index contributed by atoms with van der Waals surface area (Å²) in [4.78, 5) is 10.7. The summed E-state index contributed by atoms with van der Waals surface area (Å²) in [6, 6.07) is 4.93. The van der Waals surface area contributed by atoms with Crippen molar-refractivity contribution in [2.45, 2.75) is 26.4 Å². The molecule has 0 spiro atoms. The maximum Gasteiger partial charge on any atom is 0.333 e. The monoisotopic (exact) mass is 268 g/mol. The summed E-state index contributed by atoms with van der Waals surface area (Å²) < 4.78 is 10.6. The molecule has 0 aliphatic rings. The molecule has 6 nitrogen and oxygen atoms in total. The first-order valence-corrected chi connectivity index (χ1v) is 6.10. The molecule has 19 heavy (non-hydrogen) atoms. The van der Waals surface area contributed by atoms with E-state index in [1.807, 2.05) is 20.8 Å². The fourth-order valence-corrected chi connectivity index (χ4v) is 1.77. The zero-order chi connectivity index (χ0) is 14.5. The third-order valence-corrected chi connectivity index (χ3v) is 2.64. The van der Waals surface area contributed by atoms with E-state index in [4.69, 9.17) is 9.47 Å². The van der Waals surface area contributed by atoms with Gasteiger partial charge in [-0.1, -0.05) is 6.07 Å². The Balaban J connectivity index is 2.92. The van der Waals surface area contributed by atoms with E-state index in [2.05, 4.69) is 5.32 Å². The van der Waals surface area contributed by atoms with E-state index in [0.29, 0.717) is 18.8 Å². The molecule has 0 radical (unpaired) electrons. The first kappa shape index (κ1) is 15.2. The van der Waals surface area contributed by atoms with Crippen molar-refractivity contribution < 1.29 is 14.4 Å². The van der Waals surface area contributed by atoms with Crippen LogP contribution in [0, 0.1) is 10.1 Å². The fourth-order valence-electron chi connectivity index (χ4n) is 1.77. The van der Waals surface area contributed by atoms with Crippen molar-refractivity contribution in [3.8, 4) is 5.75 Å². The molecule has 0 aromatic heterocycles. The van der Waals surface area contributed by atoms with Gasteiger partial charge in [-0.2, -0.15) is 0 Å². The Morgan fingerprint density at radius 3 is 2.63 bits per heavy atom. The van der Waals surface area contributed by atoms with Crippen LogP contribution in [0.15, 0.2) is 18.2 Å². The molecule has 1 rings (SSSR count). The Labute approximate surface area is 112 Å². The van der Waals surface area contributed by atoms with Crippen LogP contribution >= 0.6 is 0 Å². The molecule has 0 saturated heterocycles. The molecule has 0 bridgehead atoms. The molecule has 0 unspecified atom stereocenters. The van der Waals surface area contributed by atoms with E-state index in [0.717, 1.165) is 0 Å². The number of nitro groups is 1. The van der Waals surface area contributed by atoms with Crippen LogP contribution in [0.2, 0.25) is 0 Å². The molecule has 106 valence electrons. The molecule has 0 aliphatic heterocycles. The van der Waals surface area contributed by atoms with Gasteiger partial charge in [-0.05, 0) is 32.9 Å². The Hall–Kier alpha value is -1.82. The highest BCUT2D eigenvalue weighted by atomic mass is 16.6. The number of para-hydroxylation sites is 1. The minimum Gasteiger partial charge on any atom is -0.490 e. The van der Waals surface area contributed by atoms with Crippen molar-refractivity contribution in [3.05, 3.63) is 28.3 Å². The lowest BCUT2D eigenvalue weighted by Gasteiger charge is -2.25. The van der Waals surface area contributed by atoms with Gasteiger partial charge in [0.1, 0.15) is 5.69 Å². The van der Waals surface area contributed by atoms with Crippen LogP contribution in [-0.4, -0.2) is 30.8 Å². The highest BCUT2D eigenvalue weighted by Crippen LogP contribution is 2.34. The summed E-state index contributed by atoms with van der Waals surface area (Å²) in [7, 11) is 1.41. The Morgan fingerprint density at radius 1 is 1.42 bits per heavy atom. The summed E-state index contributed by atoms with van der Waals surface area (Å²) in [5.41, 5.74) is -0.0273. The van der Waals surface area contributed by atoms with Gasteiger partial charge in [0.25, 0.3) is 0 Å². The number of rotatable bonds is 7. The van der Waals surface area contributed by atoms with E-state index < -0.39 is 10.5 Å². The summed E-state index contributed by atoms with van der Waals surface area (Å²) in [6.07, 6.45) is 0. The zero-order valence-electron chi connectivity index (χ0n) is 11.7. The van der Waals surface area contributed by atoms with Crippen LogP contribution in [0.1, 0.15) is 20.8 Å². The normalized spacial score (nSPS) is 11.2. The van der Waals surface area contributed by atoms with Gasteiger partial charge in [-0.15, -0.1) is 0 Å². The average Bonchev–Trinajstić information content (AvgIpc) is 2.35. The van der Waals surface area contributed by atoms with Crippen molar-refractivity contribution >= 4 is 11.4 Å². The standard InChI is InChI=1S/C13H20N2O4/c1-5-19-13(2,3)9-14-10-7-6-8-11(18-4)12(10)15(16)17/h6-8,14H,5,9H2,1-4H3. The quantitative estimate of drug-likeness (QED) is 0.608. The molecule has 0 heterocycles. The third-order valence-electron chi connectivity index (χ3n) is 2.64. The van der Waals surface area contributed by atoms with Gasteiger partial charge in [0.15, 0.2) is 5.75 Å². The van der Waals surface area contributed by atoms with E-state index in [-0.39, 0.29) is 11.4 Å². The SMILES string of the molecule is CCOC(C)(C)CNc1cccc(OC)c1[N+](=O)[O-]. The minimum atomic E-state index is -0.450. The second-order valence-corrected chi connectivity index (χ2v) is 4.66. The Bertz CT molecular complexity index is 446. The topological polar surface area (TPSA) is 73.6 Å². The highest BCUT2D eigenvalue weighted by Gasteiger charge is 2.23. The molecule has 1 aromatic rings. The molecule has 6 heteroatoms. The van der Waals surface area contributed by atoms with E-state index in [1.54, 1.807) is 18.2 Å². The van der Waals surface area contributed by atoms with Gasteiger partial charge in [-0.25, -0.2) is 0 Å². The third kappa shape index (κ3) is 4.10. The summed E-state index contributed by atoms with van der Waals surface area (Å²) >= 11 is 0. The number of hydrogen-bond donors (Lipinski definition) is 1. The van der Waals surface area contributed by atoms with Gasteiger partial charge < -0.3 is 14.8 Å². The maximum absolute atomic E-state index is 11.1. The van der Waals surface area contributed by atoms with E-state index in [9.17, 15) is 10.1 Å². The van der Waals surface area contributed by atoms with E-state index in [1.165, 1.54) is 7.11 Å². The van der Waals surface area contributed by atoms with Crippen molar-refractivity contribution in [2.75, 3.05) is 25.6 Å². The van der Waals surface area contributed by atoms with Gasteiger partial charge >= 0.3 is 5.69 Å². The molecule has 0 amide bonds. The summed E-state index contributed by atoms with van der Waals surface area (Å²) in [6.45, 7) is 6.82. The van der Waals surface area contributed by atoms with Crippen molar-refractivity contribution in [1.82, 2.24) is 0 Å². The van der Waals surface area contributed by atoms with Gasteiger partial charge in [0, 0.05) is 13.2 Å². The molecule has 1 aromatic carbocycles. The molecule has 0 atom stereocenters. The molecule has 0 fully saturated rings. The van der Waals surface area contributed by atoms with Gasteiger partial charge in [0.05, 0.1) is 17.6 Å². The van der Waals surface area contributed by atoms with Crippen LogP contribution in [0.4, 0.5) is 11.4 Å². The molecule has 0 aliphatic carbocycles. The Morgan fingerprint density at radius 2 is 2.11 bits per heavy atom. The predicted molar refractivity (Wildman–Crippen MR) is 73.8 cm³/mol. The molecular weight excluding hydrogens is 248 g/mol. The van der Waals surface area contributed by atoms with E-state index >= 15 is 0 Å². The van der Waals surface area contributed by atoms with Gasteiger partial charge in [-0.3, -0.25) is 10.1 Å². The van der Waals surface area contributed by atoms with Crippen LogP contribution < -0.4 is 10.1 Å². The minimum absolute atomic E-state index is 0.0581. The summed E-state index contributed by atoms with van der Waals surface area (Å²) in [5.74, 6) is 0.240. The number of methoxy groups -OCH3 is 1. The lowest BCUT2D eigenvalue weighted by Crippen LogP contribution is -2.33. The number of nitrogens with zero attached hydrogens (tertiary/aromatic N) is 1. The predicted octanol–water partition coefficient (Wildman–Crippen LogP) is 2.83. The molecular formula is C13H20N2O4. The summed E-state index contributed by atoms with van der Waals surface area (Å²) in [5, 5.41) is 14.2. The van der Waals surface area contributed by atoms with Crippen molar-refractivity contribution in [3.63, 3.8) is 0 Å². The average molecular weight is 268 g/mol. The van der Waals surface area contributed by atoms with Crippen molar-refractivity contribution in [2.24, 2.45) is 0 Å². The highest BCUT2D eigenvalue weighted by molar-refractivity contribution is 5.68. The molecule has 1 N–H and O–H groups in total. The number of benzene rings is 1. The van der Waals surface area contributed by atoms with Gasteiger partial charge in [0.2, 0.25) is 0 Å². The zero-order valence-corrected chi connectivity index (χ0v) is 11.7. The fraction of sp³-hybridized carbons (Fsp3) is 0.538. The van der Waals surface area contributed by atoms with Crippen molar-refractivity contribution in [1.29, 1.82) is 0 Å². The number of nitro benzene ring substituents is 1. The number of ether oxygens (including phenoxy) is 2. The number of hydrogen-bond acceptors (Lipinski definition) is 5. The first-order valence-electron chi connectivity index (χ1n) is 6.10. The van der Waals surface area contributed by atoms with Crippen LogP contribution in [0.5, 0.6) is 5.75 Å². The smallest absolute Gasteiger partial charge is 0.333 e. The lowest BCUT2D eigenvalue weighted by molar-refractivity contribution is -0.384. The van der Waals surface area contributed by atoms with Crippen LogP contribution in [-0.2, 0) is 4.74 Å². The lowest BCUT2D eigenvalue weighted by atomic mass is 10.1. The largest absolute Gasteiger partial charge is 0.490 e. The van der Waals surface area contributed by atoms with Crippen LogP contribution in [0.3, 0.4) is 0 Å². The first-order chi connectivity index (χ1) is 8.91. The second-order valence-electron chi connectivity index (χ2n) is 4.66. The van der Waals surface area contributed by atoms with Crippen LogP contribution in [0.25, 0.3) is 0 Å². The molecule has 0 saturated carbocycles. The number of anilines is 1.